The number of rotatable bonds is 5. The molecule has 7 nitrogen and oxygen atoms in total. The standard InChI is InChI=1S/C22H25NO6/c1-12(24)23-16-8-6-13-10-19(27-3)21(28-4)22(29-5)20(13)14-7-9-18(26-2)17(25)11-15(14)16/h7,9-11,16H,6,8H2,1-5H3,(H,23,24)/t16-/m0/s1/i8+2,10T,11T. The normalized spacial score (nSPS) is 15.7. The molecular formula is C22H25NO6. The van der Waals surface area contributed by atoms with Gasteiger partial charge in [0.05, 0.1) is 37.2 Å². The smallest absolute Gasteiger partial charge is 0.220 e. The lowest BCUT2D eigenvalue weighted by Crippen LogP contribution is -2.26. The molecule has 0 radical (unpaired) electrons. The van der Waals surface area contributed by atoms with Crippen LogP contribution in [0, 0.1) is 0 Å². The molecule has 0 fully saturated rings. The summed E-state index contributed by atoms with van der Waals surface area (Å²) in [5, 5.41) is 2.84. The Hall–Kier alpha value is -3.22. The molecule has 1 aliphatic rings. The molecule has 0 saturated heterocycles. The molecule has 29 heavy (non-hydrogen) atoms. The van der Waals surface area contributed by atoms with E-state index in [4.69, 9.17) is 21.7 Å². The molecule has 1 atom stereocenters. The van der Waals surface area contributed by atoms with E-state index in [1.54, 1.807) is 6.07 Å². The fourth-order valence-electron chi connectivity index (χ4n) is 3.66. The van der Waals surface area contributed by atoms with Crippen LogP contribution in [0.4, 0.5) is 0 Å². The lowest BCUT2D eigenvalue weighted by Gasteiger charge is -2.19. The molecule has 1 amide bonds. The fourth-order valence-corrected chi connectivity index (χ4v) is 3.66. The highest BCUT2D eigenvalue weighted by Gasteiger charge is 2.29. The largest absolute Gasteiger partial charge is 0.493 e. The zero-order chi connectivity index (χ0) is 22.9. The van der Waals surface area contributed by atoms with Gasteiger partial charge >= 0.3 is 0 Å². The molecule has 7 heteroatoms. The summed E-state index contributed by atoms with van der Waals surface area (Å²) < 4.78 is 39.1. The highest BCUT2D eigenvalue weighted by atomic mass is 16.5. The Kier molecular flexibility index (Phi) is 5.19. The van der Waals surface area contributed by atoms with Crippen LogP contribution < -0.4 is 29.7 Å². The lowest BCUT2D eigenvalue weighted by molar-refractivity contribution is -0.119. The van der Waals surface area contributed by atoms with E-state index >= 15 is 0 Å². The van der Waals surface area contributed by atoms with Crippen molar-refractivity contribution < 1.29 is 26.5 Å². The van der Waals surface area contributed by atoms with Crippen molar-refractivity contribution in [3.8, 4) is 34.1 Å². The van der Waals surface area contributed by atoms with Crippen LogP contribution in [0.15, 0.2) is 29.0 Å². The van der Waals surface area contributed by atoms with Crippen molar-refractivity contribution in [3.05, 3.63) is 45.6 Å². The van der Waals surface area contributed by atoms with E-state index in [1.807, 2.05) is 0 Å². The molecule has 1 N–H and O–H groups in total. The molecular weight excluding hydrogens is 376 g/mol. The van der Waals surface area contributed by atoms with Gasteiger partial charge in [0.1, 0.15) is 0 Å². The van der Waals surface area contributed by atoms with Crippen LogP contribution in [0.5, 0.6) is 23.0 Å². The first-order valence-corrected chi connectivity index (χ1v) is 9.11. The maximum atomic E-state index is 12.8. The SMILES string of the molecule is [3H]c1c2c(c(OC)c(OC)c1OC)-c1ccc(OC)c(=O)c([3H])c1[C@@H](NC(C)=O)[14CH2]C2. The quantitative estimate of drug-likeness (QED) is 0.824. The van der Waals surface area contributed by atoms with Crippen molar-refractivity contribution >= 4 is 5.91 Å². The molecule has 1 aliphatic carbocycles. The summed E-state index contributed by atoms with van der Waals surface area (Å²) in [6, 6.07) is 2.36. The van der Waals surface area contributed by atoms with E-state index in [0.717, 1.165) is 0 Å². The molecule has 154 valence electrons. The molecule has 0 unspecified atom stereocenters. The van der Waals surface area contributed by atoms with Crippen molar-refractivity contribution in [3.63, 3.8) is 0 Å². The maximum Gasteiger partial charge on any atom is 0.220 e. The van der Waals surface area contributed by atoms with Crippen molar-refractivity contribution in [2.24, 2.45) is 0 Å². The second kappa shape index (κ2) is 8.43. The van der Waals surface area contributed by atoms with Crippen molar-refractivity contribution in [2.75, 3.05) is 28.4 Å². The molecule has 2 aromatic carbocycles. The number of carbonyl (C=O) groups excluding carboxylic acids is 1. The topological polar surface area (TPSA) is 83.1 Å². The van der Waals surface area contributed by atoms with Gasteiger partial charge in [-0.2, -0.15) is 0 Å². The summed E-state index contributed by atoms with van der Waals surface area (Å²) in [6.07, 6.45) is 0.765. The van der Waals surface area contributed by atoms with Gasteiger partial charge in [-0.1, -0.05) is 6.07 Å². The number of hydrogen-bond donors (Lipinski definition) is 1. The zero-order valence-corrected chi connectivity index (χ0v) is 17.1. The zero-order valence-electron chi connectivity index (χ0n) is 19.1. The van der Waals surface area contributed by atoms with Crippen LogP contribution in [0.3, 0.4) is 0 Å². The third-order valence-electron chi connectivity index (χ3n) is 4.88. The Morgan fingerprint density at radius 2 is 1.76 bits per heavy atom. The van der Waals surface area contributed by atoms with Gasteiger partial charge in [-0.25, -0.2) is 0 Å². The lowest BCUT2D eigenvalue weighted by atomic mass is 9.95. The Morgan fingerprint density at radius 3 is 2.34 bits per heavy atom. The van der Waals surface area contributed by atoms with Crippen molar-refractivity contribution in [1.82, 2.24) is 5.32 Å². The van der Waals surface area contributed by atoms with Gasteiger partial charge in [-0.05, 0) is 47.7 Å². The predicted molar refractivity (Wildman–Crippen MR) is 109 cm³/mol. The van der Waals surface area contributed by atoms with Crippen LogP contribution in [-0.2, 0) is 11.2 Å². The van der Waals surface area contributed by atoms with E-state index in [-0.39, 0.29) is 35.2 Å². The summed E-state index contributed by atoms with van der Waals surface area (Å²) in [4.78, 5) is 24.8. The Balaban J connectivity index is 2.54. The summed E-state index contributed by atoms with van der Waals surface area (Å²) in [5.41, 5.74) is 1.38. The third-order valence-corrected chi connectivity index (χ3v) is 4.88. The Bertz CT molecular complexity index is 1100. The van der Waals surface area contributed by atoms with Crippen molar-refractivity contribution in [1.29, 1.82) is 0 Å². The average molecular weight is 405 g/mol. The minimum atomic E-state index is -0.613. The van der Waals surface area contributed by atoms with Crippen LogP contribution in [0.25, 0.3) is 11.1 Å². The van der Waals surface area contributed by atoms with Gasteiger partial charge in [-0.15, -0.1) is 0 Å². The molecule has 0 heterocycles. The summed E-state index contributed by atoms with van der Waals surface area (Å²) >= 11 is 0. The van der Waals surface area contributed by atoms with Crippen LogP contribution in [0.1, 0.15) is 33.3 Å². The first kappa shape index (κ1) is 17.8. The molecule has 3 rings (SSSR count). The minimum Gasteiger partial charge on any atom is -0.493 e. The number of methoxy groups -OCH3 is 4. The number of fused-ring (bicyclic) bond motifs is 3. The van der Waals surface area contributed by atoms with E-state index in [0.29, 0.717) is 40.8 Å². The Morgan fingerprint density at radius 1 is 1.07 bits per heavy atom. The molecule has 0 spiro atoms. The number of benzene rings is 1. The average Bonchev–Trinajstić information content (AvgIpc) is 2.97. The fraction of sp³-hybridized carbons (Fsp3) is 0.364. The number of ether oxygens (including phenoxy) is 4. The van der Waals surface area contributed by atoms with E-state index in [1.165, 1.54) is 41.4 Å². The monoisotopic (exact) mass is 405 g/mol. The second-order valence-corrected chi connectivity index (χ2v) is 6.55. The predicted octanol–water partition coefficient (Wildman–Crippen LogP) is 2.87. The number of nitrogens with one attached hydrogen (secondary N) is 1. The van der Waals surface area contributed by atoms with Crippen molar-refractivity contribution in [2.45, 2.75) is 25.8 Å². The van der Waals surface area contributed by atoms with E-state index in [9.17, 15) is 9.59 Å². The number of hydrogen-bond acceptors (Lipinski definition) is 6. The van der Waals surface area contributed by atoms with Crippen LogP contribution in [-0.4, -0.2) is 34.3 Å². The number of carbonyl (C=O) groups is 1. The van der Waals surface area contributed by atoms with Crippen LogP contribution >= 0.6 is 0 Å². The van der Waals surface area contributed by atoms with Gasteiger partial charge in [0.2, 0.25) is 17.1 Å². The molecule has 0 bridgehead atoms. The summed E-state index contributed by atoms with van der Waals surface area (Å²) in [7, 11) is 5.73. The molecule has 0 aromatic heterocycles. The molecule has 0 aliphatic heterocycles. The summed E-state index contributed by atoms with van der Waals surface area (Å²) in [5.74, 6) is 0.510. The third kappa shape index (κ3) is 3.72. The second-order valence-electron chi connectivity index (χ2n) is 6.55. The summed E-state index contributed by atoms with van der Waals surface area (Å²) in [6.45, 7) is 1.38. The maximum absolute atomic E-state index is 12.8. The first-order valence-electron chi connectivity index (χ1n) is 10.1. The molecule has 0 saturated carbocycles. The van der Waals surface area contributed by atoms with E-state index in [2.05, 4.69) is 5.32 Å². The highest BCUT2D eigenvalue weighted by molar-refractivity contribution is 5.83. The Labute approximate surface area is 172 Å². The molecule has 2 aromatic rings. The van der Waals surface area contributed by atoms with E-state index < -0.39 is 11.5 Å². The van der Waals surface area contributed by atoms with Crippen LogP contribution in [0.2, 0.25) is 0 Å². The van der Waals surface area contributed by atoms with Gasteiger partial charge < -0.3 is 24.3 Å². The van der Waals surface area contributed by atoms with Gasteiger partial charge in [0.25, 0.3) is 0 Å². The van der Waals surface area contributed by atoms with Gasteiger partial charge in [-0.3, -0.25) is 9.59 Å². The highest BCUT2D eigenvalue weighted by Crippen LogP contribution is 2.50. The van der Waals surface area contributed by atoms with Gasteiger partial charge in [0, 0.05) is 12.5 Å². The first-order chi connectivity index (χ1) is 14.8. The van der Waals surface area contributed by atoms with Gasteiger partial charge in [0.15, 0.2) is 17.2 Å². The minimum absolute atomic E-state index is 0.00624. The number of amides is 1.